The summed E-state index contributed by atoms with van der Waals surface area (Å²) in [4.78, 5) is 0. The van der Waals surface area contributed by atoms with Crippen LogP contribution in [-0.4, -0.2) is 20.4 Å². The van der Waals surface area contributed by atoms with Gasteiger partial charge < -0.3 is 4.74 Å². The maximum absolute atomic E-state index is 5.02. The van der Waals surface area contributed by atoms with Gasteiger partial charge in [0.05, 0.1) is 6.73 Å². The highest BCUT2D eigenvalue weighted by Gasteiger charge is 2.21. The van der Waals surface area contributed by atoms with Crippen molar-refractivity contribution in [3.8, 4) is 0 Å². The zero-order valence-electron chi connectivity index (χ0n) is 11.1. The van der Waals surface area contributed by atoms with E-state index in [2.05, 4.69) is 51.2 Å². The van der Waals surface area contributed by atoms with Gasteiger partial charge in [0, 0.05) is 19.1 Å². The van der Waals surface area contributed by atoms with Crippen molar-refractivity contribution in [2.24, 2.45) is 0 Å². The summed E-state index contributed by atoms with van der Waals surface area (Å²) >= 11 is 0. The topological polar surface area (TPSA) is 21.3 Å². The van der Waals surface area contributed by atoms with E-state index < -0.39 is 0 Å². The number of ether oxygens (including phenoxy) is 1. The van der Waals surface area contributed by atoms with Gasteiger partial charge in [-0.1, -0.05) is 37.6 Å². The summed E-state index contributed by atoms with van der Waals surface area (Å²) in [5.41, 5.74) is 4.22. The molecule has 0 unspecified atom stereocenters. The average molecular weight is 221 g/mol. The number of hydrogen-bond donors (Lipinski definition) is 1. The molecule has 90 valence electrons. The Morgan fingerprint density at radius 1 is 1.25 bits per heavy atom. The summed E-state index contributed by atoms with van der Waals surface area (Å²) < 4.78 is 5.02. The summed E-state index contributed by atoms with van der Waals surface area (Å²) in [5.74, 6) is 0. The highest BCUT2D eigenvalue weighted by atomic mass is 16.5. The van der Waals surface area contributed by atoms with Crippen molar-refractivity contribution in [3.63, 3.8) is 0 Å². The van der Waals surface area contributed by atoms with Gasteiger partial charge in [0.2, 0.25) is 0 Å². The van der Waals surface area contributed by atoms with Crippen molar-refractivity contribution < 1.29 is 4.74 Å². The molecule has 2 nitrogen and oxygen atoms in total. The zero-order valence-corrected chi connectivity index (χ0v) is 11.1. The lowest BCUT2D eigenvalue weighted by Gasteiger charge is -2.28. The van der Waals surface area contributed by atoms with Gasteiger partial charge in [0.1, 0.15) is 0 Å². The SMILES string of the molecule is COCNCC(C)(C)c1cc(C)ccc1C. The molecule has 0 radical (unpaired) electrons. The van der Waals surface area contributed by atoms with Crippen molar-refractivity contribution in [2.45, 2.75) is 33.1 Å². The molecule has 0 aliphatic rings. The summed E-state index contributed by atoms with van der Waals surface area (Å²) in [7, 11) is 1.71. The van der Waals surface area contributed by atoms with Gasteiger partial charge in [-0.25, -0.2) is 0 Å². The van der Waals surface area contributed by atoms with Gasteiger partial charge in [-0.3, -0.25) is 5.32 Å². The van der Waals surface area contributed by atoms with Crippen LogP contribution in [0.2, 0.25) is 0 Å². The number of aryl methyl sites for hydroxylation is 2. The van der Waals surface area contributed by atoms with Crippen LogP contribution in [0.25, 0.3) is 0 Å². The Morgan fingerprint density at radius 3 is 2.56 bits per heavy atom. The molecule has 0 saturated carbocycles. The first-order valence-corrected chi connectivity index (χ1v) is 5.75. The van der Waals surface area contributed by atoms with Crippen LogP contribution in [0.4, 0.5) is 0 Å². The lowest BCUT2D eigenvalue weighted by Crippen LogP contribution is -2.34. The van der Waals surface area contributed by atoms with Crippen molar-refractivity contribution >= 4 is 0 Å². The Hall–Kier alpha value is -0.860. The second-order valence-electron chi connectivity index (χ2n) is 5.06. The molecule has 0 atom stereocenters. The van der Waals surface area contributed by atoms with Gasteiger partial charge in [0.15, 0.2) is 0 Å². The van der Waals surface area contributed by atoms with E-state index in [0.717, 1.165) is 6.54 Å². The van der Waals surface area contributed by atoms with Crippen molar-refractivity contribution in [3.05, 3.63) is 34.9 Å². The smallest absolute Gasteiger partial charge is 0.0961 e. The zero-order chi connectivity index (χ0) is 12.2. The summed E-state index contributed by atoms with van der Waals surface area (Å²) in [6.45, 7) is 10.4. The van der Waals surface area contributed by atoms with Crippen LogP contribution < -0.4 is 5.32 Å². The highest BCUT2D eigenvalue weighted by Crippen LogP contribution is 2.26. The lowest BCUT2D eigenvalue weighted by atomic mass is 9.81. The molecule has 0 saturated heterocycles. The second-order valence-corrected chi connectivity index (χ2v) is 5.06. The Bertz CT molecular complexity index is 345. The second kappa shape index (κ2) is 5.46. The monoisotopic (exact) mass is 221 g/mol. The predicted molar refractivity (Wildman–Crippen MR) is 68.8 cm³/mol. The average Bonchev–Trinajstić information content (AvgIpc) is 2.22. The molecule has 0 aliphatic carbocycles. The molecule has 0 aliphatic heterocycles. The van der Waals surface area contributed by atoms with E-state index in [9.17, 15) is 0 Å². The summed E-state index contributed by atoms with van der Waals surface area (Å²) in [5, 5.41) is 3.30. The van der Waals surface area contributed by atoms with E-state index in [4.69, 9.17) is 4.74 Å². The van der Waals surface area contributed by atoms with Crippen LogP contribution in [0, 0.1) is 13.8 Å². The molecule has 0 aromatic heterocycles. The van der Waals surface area contributed by atoms with Gasteiger partial charge >= 0.3 is 0 Å². The Balaban J connectivity index is 2.83. The van der Waals surface area contributed by atoms with Crippen LogP contribution >= 0.6 is 0 Å². The van der Waals surface area contributed by atoms with Crippen LogP contribution in [0.15, 0.2) is 18.2 Å². The van der Waals surface area contributed by atoms with Gasteiger partial charge in [-0.05, 0) is 25.0 Å². The minimum Gasteiger partial charge on any atom is -0.370 e. The number of nitrogens with one attached hydrogen (secondary N) is 1. The van der Waals surface area contributed by atoms with Crippen LogP contribution in [0.1, 0.15) is 30.5 Å². The highest BCUT2D eigenvalue weighted by molar-refractivity contribution is 5.36. The molecule has 16 heavy (non-hydrogen) atoms. The number of hydrogen-bond acceptors (Lipinski definition) is 2. The van der Waals surface area contributed by atoms with E-state index in [0.29, 0.717) is 6.73 Å². The molecule has 1 N–H and O–H groups in total. The van der Waals surface area contributed by atoms with E-state index in [-0.39, 0.29) is 5.41 Å². The van der Waals surface area contributed by atoms with Crippen molar-refractivity contribution in [1.82, 2.24) is 5.32 Å². The molecular weight excluding hydrogens is 198 g/mol. The summed E-state index contributed by atoms with van der Waals surface area (Å²) in [6.07, 6.45) is 0. The Labute approximate surface area is 99.0 Å². The van der Waals surface area contributed by atoms with Gasteiger partial charge in [-0.2, -0.15) is 0 Å². The van der Waals surface area contributed by atoms with Crippen molar-refractivity contribution in [1.29, 1.82) is 0 Å². The largest absolute Gasteiger partial charge is 0.370 e. The summed E-state index contributed by atoms with van der Waals surface area (Å²) in [6, 6.07) is 6.64. The lowest BCUT2D eigenvalue weighted by molar-refractivity contribution is 0.169. The fourth-order valence-corrected chi connectivity index (χ4v) is 2.03. The van der Waals surface area contributed by atoms with E-state index in [1.807, 2.05) is 0 Å². The number of methoxy groups -OCH3 is 1. The first kappa shape index (κ1) is 13.2. The van der Waals surface area contributed by atoms with Gasteiger partial charge in [0.25, 0.3) is 0 Å². The molecule has 0 bridgehead atoms. The van der Waals surface area contributed by atoms with E-state index >= 15 is 0 Å². The minimum absolute atomic E-state index is 0.134. The molecular formula is C14H23NO. The van der Waals surface area contributed by atoms with Crippen LogP contribution in [0.3, 0.4) is 0 Å². The predicted octanol–water partition coefficient (Wildman–Crippen LogP) is 2.77. The number of benzene rings is 1. The minimum atomic E-state index is 0.134. The molecule has 2 heteroatoms. The molecule has 0 amide bonds. The van der Waals surface area contributed by atoms with Gasteiger partial charge in [-0.15, -0.1) is 0 Å². The van der Waals surface area contributed by atoms with Crippen molar-refractivity contribution in [2.75, 3.05) is 20.4 Å². The molecule has 1 aromatic rings. The third-order valence-electron chi connectivity index (χ3n) is 2.94. The molecule has 0 fully saturated rings. The molecule has 1 aromatic carbocycles. The normalized spacial score (nSPS) is 11.8. The number of rotatable bonds is 5. The quantitative estimate of drug-likeness (QED) is 0.610. The molecule has 0 heterocycles. The fraction of sp³-hybridized carbons (Fsp3) is 0.571. The Morgan fingerprint density at radius 2 is 1.94 bits per heavy atom. The Kier molecular flexibility index (Phi) is 4.51. The van der Waals surface area contributed by atoms with Crippen LogP contribution in [-0.2, 0) is 10.2 Å². The third-order valence-corrected chi connectivity index (χ3v) is 2.94. The fourth-order valence-electron chi connectivity index (χ4n) is 2.03. The molecule has 0 spiro atoms. The first-order chi connectivity index (χ1) is 7.47. The first-order valence-electron chi connectivity index (χ1n) is 5.75. The third kappa shape index (κ3) is 3.32. The standard InChI is InChI=1S/C14H23NO/c1-11-6-7-12(2)13(8-11)14(3,4)9-15-10-16-5/h6-8,15H,9-10H2,1-5H3. The van der Waals surface area contributed by atoms with E-state index in [1.165, 1.54) is 16.7 Å². The van der Waals surface area contributed by atoms with E-state index in [1.54, 1.807) is 7.11 Å². The molecule has 1 rings (SSSR count). The maximum atomic E-state index is 5.02. The maximum Gasteiger partial charge on any atom is 0.0961 e. The van der Waals surface area contributed by atoms with Crippen LogP contribution in [0.5, 0.6) is 0 Å².